The van der Waals surface area contributed by atoms with E-state index in [1.165, 1.54) is 23.1 Å². The number of benzene rings is 1. The van der Waals surface area contributed by atoms with Crippen LogP contribution in [0.1, 0.15) is 32.3 Å². The SMILES string of the molecule is CCC1(CC)NC(=O)N(CC(=O)Nc2cc(C(F)(F)F)ccc2-n2cccn2)C1=O. The van der Waals surface area contributed by atoms with Crippen molar-refractivity contribution in [3.63, 3.8) is 0 Å². The van der Waals surface area contributed by atoms with Crippen molar-refractivity contribution in [1.29, 1.82) is 0 Å². The van der Waals surface area contributed by atoms with Crippen LogP contribution in [0.25, 0.3) is 5.69 Å². The lowest BCUT2D eigenvalue weighted by Gasteiger charge is -2.23. The van der Waals surface area contributed by atoms with E-state index in [0.29, 0.717) is 12.8 Å². The summed E-state index contributed by atoms with van der Waals surface area (Å²) in [6.07, 6.45) is -0.973. The molecule has 0 bridgehead atoms. The van der Waals surface area contributed by atoms with Crippen molar-refractivity contribution in [3.05, 3.63) is 42.2 Å². The van der Waals surface area contributed by atoms with E-state index in [-0.39, 0.29) is 11.4 Å². The molecule has 8 nitrogen and oxygen atoms in total. The average molecular weight is 423 g/mol. The summed E-state index contributed by atoms with van der Waals surface area (Å²) in [5.74, 6) is -1.35. The molecule has 1 aliphatic rings. The molecular formula is C19H20F3N5O3. The van der Waals surface area contributed by atoms with Crippen LogP contribution in [-0.4, -0.2) is 44.6 Å². The summed E-state index contributed by atoms with van der Waals surface area (Å²) in [5, 5.41) is 8.93. The molecule has 11 heteroatoms. The zero-order chi connectivity index (χ0) is 22.1. The van der Waals surface area contributed by atoms with Gasteiger partial charge in [-0.15, -0.1) is 0 Å². The van der Waals surface area contributed by atoms with Gasteiger partial charge in [0.25, 0.3) is 5.91 Å². The number of nitrogens with one attached hydrogen (secondary N) is 2. The van der Waals surface area contributed by atoms with Crippen LogP contribution in [0.15, 0.2) is 36.7 Å². The highest BCUT2D eigenvalue weighted by Gasteiger charge is 2.49. The van der Waals surface area contributed by atoms with Crippen LogP contribution in [0.2, 0.25) is 0 Å². The van der Waals surface area contributed by atoms with Crippen LogP contribution in [0.3, 0.4) is 0 Å². The maximum atomic E-state index is 13.1. The lowest BCUT2D eigenvalue weighted by atomic mass is 9.93. The number of amides is 4. The minimum absolute atomic E-state index is 0.150. The number of halogens is 3. The molecule has 1 aliphatic heterocycles. The van der Waals surface area contributed by atoms with Gasteiger partial charge in [0.15, 0.2) is 0 Å². The molecule has 0 aliphatic carbocycles. The molecule has 4 amide bonds. The van der Waals surface area contributed by atoms with Crippen LogP contribution in [0.5, 0.6) is 0 Å². The van der Waals surface area contributed by atoms with Gasteiger partial charge in [-0.05, 0) is 37.1 Å². The minimum Gasteiger partial charge on any atom is -0.323 e. The summed E-state index contributed by atoms with van der Waals surface area (Å²) >= 11 is 0. The van der Waals surface area contributed by atoms with Gasteiger partial charge in [0.05, 0.1) is 16.9 Å². The molecule has 3 rings (SSSR count). The number of carbonyl (C=O) groups is 3. The molecule has 1 fully saturated rings. The van der Waals surface area contributed by atoms with Gasteiger partial charge in [0, 0.05) is 12.4 Å². The van der Waals surface area contributed by atoms with E-state index >= 15 is 0 Å². The highest BCUT2D eigenvalue weighted by molar-refractivity contribution is 6.10. The van der Waals surface area contributed by atoms with Gasteiger partial charge in [-0.1, -0.05) is 13.8 Å². The Kier molecular flexibility index (Phi) is 5.55. The molecule has 0 radical (unpaired) electrons. The van der Waals surface area contributed by atoms with Crippen LogP contribution in [0, 0.1) is 0 Å². The Balaban J connectivity index is 1.86. The van der Waals surface area contributed by atoms with Crippen molar-refractivity contribution in [2.45, 2.75) is 38.4 Å². The summed E-state index contributed by atoms with van der Waals surface area (Å²) in [7, 11) is 0. The molecule has 0 saturated carbocycles. The molecule has 2 aromatic rings. The number of rotatable bonds is 6. The van der Waals surface area contributed by atoms with E-state index in [1.807, 2.05) is 0 Å². The van der Waals surface area contributed by atoms with Gasteiger partial charge in [-0.2, -0.15) is 18.3 Å². The first kappa shape index (κ1) is 21.3. The number of anilines is 1. The van der Waals surface area contributed by atoms with Gasteiger partial charge >= 0.3 is 12.2 Å². The Morgan fingerprint density at radius 1 is 1.23 bits per heavy atom. The first-order valence-corrected chi connectivity index (χ1v) is 9.26. The van der Waals surface area contributed by atoms with E-state index in [2.05, 4.69) is 15.7 Å². The van der Waals surface area contributed by atoms with Crippen LogP contribution in [-0.2, 0) is 15.8 Å². The predicted octanol–water partition coefficient (Wildman–Crippen LogP) is 2.94. The van der Waals surface area contributed by atoms with Crippen molar-refractivity contribution < 1.29 is 27.6 Å². The normalized spacial score (nSPS) is 16.0. The molecule has 0 atom stereocenters. The second-order valence-corrected chi connectivity index (χ2v) is 6.84. The number of hydrogen-bond acceptors (Lipinski definition) is 4. The Labute approximate surface area is 170 Å². The number of hydrogen-bond donors (Lipinski definition) is 2. The molecule has 0 unspecified atom stereocenters. The molecule has 0 spiro atoms. The van der Waals surface area contributed by atoms with Crippen LogP contribution >= 0.6 is 0 Å². The molecule has 1 saturated heterocycles. The van der Waals surface area contributed by atoms with Gasteiger partial charge in [-0.3, -0.25) is 14.5 Å². The van der Waals surface area contributed by atoms with Gasteiger partial charge in [-0.25, -0.2) is 9.48 Å². The number of nitrogens with zero attached hydrogens (tertiary/aromatic N) is 3. The Morgan fingerprint density at radius 2 is 1.93 bits per heavy atom. The standard InChI is InChI=1S/C19H20F3N5O3/c1-3-18(4-2)16(29)26(17(30)25-18)11-15(28)24-13-10-12(19(20,21)22)6-7-14(13)27-9-5-8-23-27/h5-10H,3-4,11H2,1-2H3,(H,24,28)(H,25,30). The molecule has 160 valence electrons. The third-order valence-electron chi connectivity index (χ3n) is 5.10. The number of carbonyl (C=O) groups excluding carboxylic acids is 3. The van der Waals surface area contributed by atoms with Crippen molar-refractivity contribution in [2.24, 2.45) is 0 Å². The van der Waals surface area contributed by atoms with Crippen LogP contribution in [0.4, 0.5) is 23.7 Å². The summed E-state index contributed by atoms with van der Waals surface area (Å²) in [5.41, 5.74) is -1.98. The lowest BCUT2D eigenvalue weighted by molar-refractivity contribution is -0.137. The van der Waals surface area contributed by atoms with Gasteiger partial charge < -0.3 is 10.6 Å². The zero-order valence-corrected chi connectivity index (χ0v) is 16.3. The Hall–Kier alpha value is -3.37. The molecule has 30 heavy (non-hydrogen) atoms. The van der Waals surface area contributed by atoms with Crippen molar-refractivity contribution >= 4 is 23.5 Å². The van der Waals surface area contributed by atoms with E-state index in [0.717, 1.165) is 17.0 Å². The fourth-order valence-corrected chi connectivity index (χ4v) is 3.31. The molecular weight excluding hydrogens is 403 g/mol. The monoisotopic (exact) mass is 423 g/mol. The first-order valence-electron chi connectivity index (χ1n) is 9.26. The highest BCUT2D eigenvalue weighted by atomic mass is 19.4. The van der Waals surface area contributed by atoms with Gasteiger partial charge in [0.2, 0.25) is 5.91 Å². The number of alkyl halides is 3. The fourth-order valence-electron chi connectivity index (χ4n) is 3.31. The van der Waals surface area contributed by atoms with Crippen molar-refractivity contribution in [3.8, 4) is 5.69 Å². The lowest BCUT2D eigenvalue weighted by Crippen LogP contribution is -2.46. The third-order valence-corrected chi connectivity index (χ3v) is 5.10. The second-order valence-electron chi connectivity index (χ2n) is 6.84. The number of imide groups is 1. The summed E-state index contributed by atoms with van der Waals surface area (Å²) in [6.45, 7) is 2.86. The van der Waals surface area contributed by atoms with Crippen molar-refractivity contribution in [2.75, 3.05) is 11.9 Å². The maximum absolute atomic E-state index is 13.1. The first-order chi connectivity index (χ1) is 14.1. The third kappa shape index (κ3) is 3.87. The maximum Gasteiger partial charge on any atom is 0.416 e. The molecule has 1 aromatic heterocycles. The number of urea groups is 1. The topological polar surface area (TPSA) is 96.3 Å². The minimum atomic E-state index is -4.62. The Bertz CT molecular complexity index is 968. The van der Waals surface area contributed by atoms with Crippen LogP contribution < -0.4 is 10.6 Å². The molecule has 2 heterocycles. The fraction of sp³-hybridized carbons (Fsp3) is 0.368. The summed E-state index contributed by atoms with van der Waals surface area (Å²) in [6, 6.07) is 3.70. The van der Waals surface area contributed by atoms with E-state index in [4.69, 9.17) is 0 Å². The molecule has 1 aromatic carbocycles. The van der Waals surface area contributed by atoms with Crippen molar-refractivity contribution in [1.82, 2.24) is 20.0 Å². The Morgan fingerprint density at radius 3 is 2.47 bits per heavy atom. The number of aromatic nitrogens is 2. The predicted molar refractivity (Wildman–Crippen MR) is 101 cm³/mol. The summed E-state index contributed by atoms with van der Waals surface area (Å²) < 4.78 is 40.7. The van der Waals surface area contributed by atoms with Gasteiger partial charge in [0.1, 0.15) is 12.1 Å². The van der Waals surface area contributed by atoms with E-state index in [1.54, 1.807) is 19.9 Å². The highest BCUT2D eigenvalue weighted by Crippen LogP contribution is 2.33. The quantitative estimate of drug-likeness (QED) is 0.699. The zero-order valence-electron chi connectivity index (χ0n) is 16.3. The second kappa shape index (κ2) is 7.81. The average Bonchev–Trinajstić information content (AvgIpc) is 3.30. The largest absolute Gasteiger partial charge is 0.416 e. The smallest absolute Gasteiger partial charge is 0.323 e. The van der Waals surface area contributed by atoms with E-state index in [9.17, 15) is 27.6 Å². The summed E-state index contributed by atoms with van der Waals surface area (Å²) in [4.78, 5) is 38.1. The van der Waals surface area contributed by atoms with E-state index < -0.39 is 41.7 Å². The molecule has 2 N–H and O–H groups in total.